The number of allylic oxidation sites excluding steroid dienone is 2. The van der Waals surface area contributed by atoms with Gasteiger partial charge in [-0.1, -0.05) is 89.7 Å². The van der Waals surface area contributed by atoms with Crippen LogP contribution in [-0.2, 0) is 9.47 Å². The molecule has 1 fully saturated rings. The van der Waals surface area contributed by atoms with Gasteiger partial charge in [-0.05, 0) is 32.1 Å². The number of aliphatic hydroxyl groups is 3. The highest BCUT2D eigenvalue weighted by molar-refractivity contribution is 4.86. The van der Waals surface area contributed by atoms with Gasteiger partial charge in [-0.25, -0.2) is 0 Å². The Kier molecular flexibility index (Phi) is 18.6. The van der Waals surface area contributed by atoms with Crippen molar-refractivity contribution in [2.45, 2.75) is 134 Å². The Morgan fingerprint density at radius 2 is 1.23 bits per heavy atom. The van der Waals surface area contributed by atoms with Crippen LogP contribution in [0.25, 0.3) is 0 Å². The topological polar surface area (TPSA) is 79.2 Å². The minimum absolute atomic E-state index is 0.0423. The molecule has 0 aliphatic carbocycles. The summed E-state index contributed by atoms with van der Waals surface area (Å²) < 4.78 is 10.9. The van der Waals surface area contributed by atoms with Crippen LogP contribution in [0.1, 0.15) is 110 Å². The highest BCUT2D eigenvalue weighted by atomic mass is 16.6. The van der Waals surface area contributed by atoms with Crippen molar-refractivity contribution >= 4 is 0 Å². The van der Waals surface area contributed by atoms with E-state index in [0.29, 0.717) is 6.61 Å². The molecule has 0 amide bonds. The number of aliphatic hydroxyl groups excluding tert-OH is 3. The number of hydrogen-bond donors (Lipinski definition) is 3. The molecule has 31 heavy (non-hydrogen) atoms. The number of hydrogen-bond acceptors (Lipinski definition) is 5. The average molecular weight is 443 g/mol. The van der Waals surface area contributed by atoms with Gasteiger partial charge in [0.2, 0.25) is 0 Å². The summed E-state index contributed by atoms with van der Waals surface area (Å²) in [6.45, 7) is 3.22. The first-order valence-corrected chi connectivity index (χ1v) is 13.0. The molecule has 0 bridgehead atoms. The first kappa shape index (κ1) is 28.6. The zero-order valence-electron chi connectivity index (χ0n) is 20.1. The van der Waals surface area contributed by atoms with Gasteiger partial charge in [0.1, 0.15) is 24.4 Å². The van der Waals surface area contributed by atoms with Crippen molar-refractivity contribution in [2.24, 2.45) is 0 Å². The fourth-order valence-corrected chi connectivity index (χ4v) is 4.02. The summed E-state index contributed by atoms with van der Waals surface area (Å²) in [5.41, 5.74) is 0. The van der Waals surface area contributed by atoms with E-state index in [2.05, 4.69) is 19.1 Å². The van der Waals surface area contributed by atoms with Crippen LogP contribution in [0.3, 0.4) is 0 Å². The molecule has 0 spiro atoms. The Morgan fingerprint density at radius 3 is 1.81 bits per heavy atom. The van der Waals surface area contributed by atoms with Crippen molar-refractivity contribution in [2.75, 3.05) is 19.8 Å². The first-order valence-electron chi connectivity index (χ1n) is 13.0. The van der Waals surface area contributed by atoms with Crippen molar-refractivity contribution in [3.8, 4) is 0 Å². The fourth-order valence-electron chi connectivity index (χ4n) is 4.02. The maximum absolute atomic E-state index is 9.85. The summed E-state index contributed by atoms with van der Waals surface area (Å²) in [5, 5.41) is 28.9. The zero-order valence-corrected chi connectivity index (χ0v) is 20.1. The second kappa shape index (κ2) is 20.2. The maximum atomic E-state index is 9.85. The van der Waals surface area contributed by atoms with Crippen LogP contribution in [0, 0.1) is 0 Å². The standard InChI is InChI=1S/C26H50O5/c1-2-3-4-5-6-7-8-9-10-11-12-13-14-15-16-17-18-19-20-30-22-24-26(29)25(28)23(27)21-31-24/h11-12,23-29H,2-10,13-22H2,1H3/b12-11+/t23-,24+,25+,26+/m1/s1. The molecule has 5 heteroatoms. The summed E-state index contributed by atoms with van der Waals surface area (Å²) >= 11 is 0. The second-order valence-electron chi connectivity index (χ2n) is 9.14. The Morgan fingerprint density at radius 1 is 0.710 bits per heavy atom. The largest absolute Gasteiger partial charge is 0.388 e. The van der Waals surface area contributed by atoms with Gasteiger partial charge in [0.25, 0.3) is 0 Å². The molecule has 3 N–H and O–H groups in total. The van der Waals surface area contributed by atoms with Crippen LogP contribution in [0.4, 0.5) is 0 Å². The molecule has 5 nitrogen and oxygen atoms in total. The molecule has 0 aromatic carbocycles. The highest BCUT2D eigenvalue weighted by Crippen LogP contribution is 2.16. The quantitative estimate of drug-likeness (QED) is 0.176. The first-order chi connectivity index (χ1) is 15.2. The van der Waals surface area contributed by atoms with E-state index in [1.165, 1.54) is 89.9 Å². The molecule has 0 aromatic rings. The van der Waals surface area contributed by atoms with E-state index in [4.69, 9.17) is 9.47 Å². The molecule has 1 heterocycles. The number of rotatable bonds is 20. The molecule has 0 radical (unpaired) electrons. The van der Waals surface area contributed by atoms with Crippen LogP contribution < -0.4 is 0 Å². The van der Waals surface area contributed by atoms with Gasteiger partial charge in [0.15, 0.2) is 0 Å². The lowest BCUT2D eigenvalue weighted by molar-refractivity contribution is -0.199. The summed E-state index contributed by atoms with van der Waals surface area (Å²) in [6, 6.07) is 0. The lowest BCUT2D eigenvalue weighted by Crippen LogP contribution is -2.54. The minimum Gasteiger partial charge on any atom is -0.388 e. The summed E-state index contributed by atoms with van der Waals surface area (Å²) in [6.07, 6.45) is 21.8. The Hall–Kier alpha value is -0.460. The van der Waals surface area contributed by atoms with Crippen molar-refractivity contribution in [3.63, 3.8) is 0 Å². The van der Waals surface area contributed by atoms with Gasteiger partial charge in [0.05, 0.1) is 13.2 Å². The second-order valence-corrected chi connectivity index (χ2v) is 9.14. The molecule has 1 rings (SSSR count). The third-order valence-electron chi connectivity index (χ3n) is 6.19. The van der Waals surface area contributed by atoms with Crippen molar-refractivity contribution in [1.82, 2.24) is 0 Å². The molecule has 1 aliphatic rings. The van der Waals surface area contributed by atoms with E-state index < -0.39 is 24.4 Å². The van der Waals surface area contributed by atoms with Gasteiger partial charge < -0.3 is 24.8 Å². The van der Waals surface area contributed by atoms with Crippen LogP contribution in [-0.4, -0.2) is 59.6 Å². The minimum atomic E-state index is -1.15. The van der Waals surface area contributed by atoms with Crippen molar-refractivity contribution in [3.05, 3.63) is 12.2 Å². The van der Waals surface area contributed by atoms with Gasteiger partial charge in [-0.2, -0.15) is 0 Å². The smallest absolute Gasteiger partial charge is 0.111 e. The molecular formula is C26H50O5. The molecule has 1 saturated heterocycles. The van der Waals surface area contributed by atoms with Gasteiger partial charge in [-0.3, -0.25) is 0 Å². The molecule has 0 unspecified atom stereocenters. The van der Waals surface area contributed by atoms with Crippen LogP contribution in [0.5, 0.6) is 0 Å². The molecule has 4 atom stereocenters. The van der Waals surface area contributed by atoms with E-state index in [0.717, 1.165) is 12.8 Å². The fraction of sp³-hybridized carbons (Fsp3) is 0.923. The number of ether oxygens (including phenoxy) is 2. The Balaban J connectivity index is 1.77. The molecule has 0 aromatic heterocycles. The number of unbranched alkanes of at least 4 members (excludes halogenated alkanes) is 14. The summed E-state index contributed by atoms with van der Waals surface area (Å²) in [7, 11) is 0. The molecular weight excluding hydrogens is 392 g/mol. The zero-order chi connectivity index (χ0) is 22.6. The van der Waals surface area contributed by atoms with Crippen molar-refractivity contribution in [1.29, 1.82) is 0 Å². The summed E-state index contributed by atoms with van der Waals surface area (Å²) in [4.78, 5) is 0. The maximum Gasteiger partial charge on any atom is 0.111 e. The third kappa shape index (κ3) is 15.1. The van der Waals surface area contributed by atoms with E-state index in [9.17, 15) is 15.3 Å². The average Bonchev–Trinajstić information content (AvgIpc) is 2.77. The normalized spacial score (nSPS) is 24.3. The summed E-state index contributed by atoms with van der Waals surface area (Å²) in [5.74, 6) is 0. The van der Waals surface area contributed by atoms with E-state index in [1.807, 2.05) is 0 Å². The van der Waals surface area contributed by atoms with Crippen LogP contribution >= 0.6 is 0 Å². The third-order valence-corrected chi connectivity index (χ3v) is 6.19. The lowest BCUT2D eigenvalue weighted by atomic mass is 10.0. The SMILES string of the molecule is CCCCCCCCCC/C=C/CCCCCCCCOC[C@@H]1OC[C@@H](O)[C@H](O)[C@H]1O. The van der Waals surface area contributed by atoms with E-state index in [1.54, 1.807) is 0 Å². The van der Waals surface area contributed by atoms with Gasteiger partial charge >= 0.3 is 0 Å². The van der Waals surface area contributed by atoms with Gasteiger partial charge in [-0.15, -0.1) is 0 Å². The molecule has 0 saturated carbocycles. The Bertz CT molecular complexity index is 415. The van der Waals surface area contributed by atoms with E-state index >= 15 is 0 Å². The monoisotopic (exact) mass is 442 g/mol. The molecule has 1 aliphatic heterocycles. The molecule has 184 valence electrons. The Labute approximate surface area is 191 Å². The lowest BCUT2D eigenvalue weighted by Gasteiger charge is -2.35. The van der Waals surface area contributed by atoms with Crippen LogP contribution in [0.2, 0.25) is 0 Å². The predicted octanol–water partition coefficient (Wildman–Crippen LogP) is 5.30. The van der Waals surface area contributed by atoms with Crippen molar-refractivity contribution < 1.29 is 24.8 Å². The van der Waals surface area contributed by atoms with Gasteiger partial charge in [0, 0.05) is 6.61 Å². The van der Waals surface area contributed by atoms with Crippen LogP contribution in [0.15, 0.2) is 12.2 Å². The van der Waals surface area contributed by atoms with E-state index in [-0.39, 0.29) is 13.2 Å². The highest BCUT2D eigenvalue weighted by Gasteiger charge is 2.37. The predicted molar refractivity (Wildman–Crippen MR) is 127 cm³/mol.